The Bertz CT molecular complexity index is 723. The number of carbonyl (C=O) groups excluding carboxylic acids is 1. The molecule has 0 unspecified atom stereocenters. The maximum atomic E-state index is 11.8. The quantitative estimate of drug-likeness (QED) is 0.820. The van der Waals surface area contributed by atoms with E-state index in [1.165, 1.54) is 0 Å². The first kappa shape index (κ1) is 17.5. The highest BCUT2D eigenvalue weighted by Crippen LogP contribution is 2.18. The van der Waals surface area contributed by atoms with Crippen LogP contribution >= 0.6 is 0 Å². The Hall–Kier alpha value is -2.82. The fourth-order valence-electron chi connectivity index (χ4n) is 2.22. The zero-order valence-electron chi connectivity index (χ0n) is 13.8. The van der Waals surface area contributed by atoms with Crippen molar-refractivity contribution in [1.82, 2.24) is 5.32 Å². The zero-order valence-corrected chi connectivity index (χ0v) is 13.8. The number of amides is 1. The molecule has 0 bridgehead atoms. The van der Waals surface area contributed by atoms with Crippen LogP contribution in [0.25, 0.3) is 0 Å². The van der Waals surface area contributed by atoms with E-state index < -0.39 is 5.97 Å². The number of hydrogen-bond donors (Lipinski definition) is 2. The van der Waals surface area contributed by atoms with E-state index in [0.717, 1.165) is 22.4 Å². The highest BCUT2D eigenvalue weighted by molar-refractivity contribution is 5.87. The second kappa shape index (κ2) is 8.15. The molecule has 24 heavy (non-hydrogen) atoms. The summed E-state index contributed by atoms with van der Waals surface area (Å²) in [5, 5.41) is 11.6. The van der Waals surface area contributed by atoms with Crippen LogP contribution in [0.2, 0.25) is 0 Å². The lowest BCUT2D eigenvalue weighted by Gasteiger charge is -2.10. The maximum Gasteiger partial charge on any atom is 0.335 e. The molecule has 0 saturated carbocycles. The second-order valence-corrected chi connectivity index (χ2v) is 5.66. The Labute approximate surface area is 141 Å². The third-order valence-corrected chi connectivity index (χ3v) is 3.64. The number of hydrogen-bond acceptors (Lipinski definition) is 3. The molecule has 2 aromatic rings. The van der Waals surface area contributed by atoms with Crippen molar-refractivity contribution < 1.29 is 19.4 Å². The van der Waals surface area contributed by atoms with Gasteiger partial charge in [-0.15, -0.1) is 0 Å². The van der Waals surface area contributed by atoms with Gasteiger partial charge in [0.05, 0.1) is 5.56 Å². The zero-order chi connectivity index (χ0) is 17.5. The molecule has 0 saturated heterocycles. The molecule has 1 amide bonds. The van der Waals surface area contributed by atoms with Gasteiger partial charge >= 0.3 is 5.97 Å². The third-order valence-electron chi connectivity index (χ3n) is 3.64. The van der Waals surface area contributed by atoms with E-state index in [4.69, 9.17) is 9.84 Å². The van der Waals surface area contributed by atoms with Crippen molar-refractivity contribution in [3.63, 3.8) is 0 Å². The van der Waals surface area contributed by atoms with Gasteiger partial charge in [-0.05, 0) is 55.2 Å². The number of rotatable bonds is 7. The Morgan fingerprint density at radius 1 is 1.08 bits per heavy atom. The largest absolute Gasteiger partial charge is 0.483 e. The van der Waals surface area contributed by atoms with E-state index in [1.807, 2.05) is 32.0 Å². The smallest absolute Gasteiger partial charge is 0.335 e. The van der Waals surface area contributed by atoms with Crippen LogP contribution in [0.5, 0.6) is 5.75 Å². The maximum absolute atomic E-state index is 11.8. The summed E-state index contributed by atoms with van der Waals surface area (Å²) in [6, 6.07) is 12.5. The summed E-state index contributed by atoms with van der Waals surface area (Å²) < 4.78 is 5.55. The van der Waals surface area contributed by atoms with Crippen molar-refractivity contribution in [3.05, 3.63) is 64.7 Å². The van der Waals surface area contributed by atoms with Gasteiger partial charge in [-0.25, -0.2) is 4.79 Å². The number of aromatic carboxylic acids is 1. The van der Waals surface area contributed by atoms with Gasteiger partial charge in [0.1, 0.15) is 5.75 Å². The number of carboxylic acids is 1. The molecule has 5 heteroatoms. The summed E-state index contributed by atoms with van der Waals surface area (Å²) in [7, 11) is 0. The van der Waals surface area contributed by atoms with E-state index in [2.05, 4.69) is 5.32 Å². The van der Waals surface area contributed by atoms with Crippen LogP contribution in [0.3, 0.4) is 0 Å². The Balaban J connectivity index is 1.75. The van der Waals surface area contributed by atoms with E-state index in [1.54, 1.807) is 24.3 Å². The molecule has 2 rings (SSSR count). The molecule has 126 valence electrons. The number of aryl methyl sites for hydroxylation is 2. The van der Waals surface area contributed by atoms with E-state index in [-0.39, 0.29) is 18.1 Å². The summed E-state index contributed by atoms with van der Waals surface area (Å²) in [6.07, 6.45) is 0.634. The molecule has 2 N–H and O–H groups in total. The molecular weight excluding hydrogens is 306 g/mol. The first-order valence-electron chi connectivity index (χ1n) is 7.74. The van der Waals surface area contributed by atoms with Gasteiger partial charge in [0.15, 0.2) is 6.61 Å². The number of ether oxygens (including phenoxy) is 1. The van der Waals surface area contributed by atoms with Crippen LogP contribution in [0.4, 0.5) is 0 Å². The molecule has 0 aliphatic rings. The third kappa shape index (κ3) is 5.12. The molecule has 0 aliphatic carbocycles. The van der Waals surface area contributed by atoms with Gasteiger partial charge in [0.25, 0.3) is 5.91 Å². The van der Waals surface area contributed by atoms with Crippen LogP contribution in [0, 0.1) is 13.8 Å². The van der Waals surface area contributed by atoms with Crippen molar-refractivity contribution in [2.45, 2.75) is 20.3 Å². The molecule has 5 nitrogen and oxygen atoms in total. The van der Waals surface area contributed by atoms with Crippen LogP contribution < -0.4 is 10.1 Å². The second-order valence-electron chi connectivity index (χ2n) is 5.66. The highest BCUT2D eigenvalue weighted by Gasteiger charge is 2.06. The molecule has 0 heterocycles. The van der Waals surface area contributed by atoms with Crippen molar-refractivity contribution in [2.24, 2.45) is 0 Å². The van der Waals surface area contributed by atoms with Crippen LogP contribution in [0.15, 0.2) is 42.5 Å². The standard InChI is InChI=1S/C19H21NO4/c1-13-3-4-14(2)17(11-13)24-12-18(21)20-10-9-15-5-7-16(8-6-15)19(22)23/h3-8,11H,9-10,12H2,1-2H3,(H,20,21)(H,22,23). The molecule has 0 aliphatic heterocycles. The number of carbonyl (C=O) groups is 2. The van der Waals surface area contributed by atoms with Crippen molar-refractivity contribution >= 4 is 11.9 Å². The number of nitrogens with one attached hydrogen (secondary N) is 1. The van der Waals surface area contributed by atoms with Gasteiger partial charge in [-0.3, -0.25) is 4.79 Å². The Morgan fingerprint density at radius 3 is 2.46 bits per heavy atom. The topological polar surface area (TPSA) is 75.6 Å². The van der Waals surface area contributed by atoms with Gasteiger partial charge in [-0.2, -0.15) is 0 Å². The summed E-state index contributed by atoms with van der Waals surface area (Å²) >= 11 is 0. The molecule has 0 fully saturated rings. The van der Waals surface area contributed by atoms with Crippen molar-refractivity contribution in [3.8, 4) is 5.75 Å². The van der Waals surface area contributed by atoms with Crippen molar-refractivity contribution in [2.75, 3.05) is 13.2 Å². The molecule has 0 atom stereocenters. The lowest BCUT2D eigenvalue weighted by molar-refractivity contribution is -0.123. The first-order valence-corrected chi connectivity index (χ1v) is 7.74. The summed E-state index contributed by atoms with van der Waals surface area (Å²) in [5.41, 5.74) is 3.30. The van der Waals surface area contributed by atoms with Crippen LogP contribution in [-0.4, -0.2) is 30.1 Å². The van der Waals surface area contributed by atoms with Gasteiger partial charge in [0, 0.05) is 6.54 Å². The molecular formula is C19H21NO4. The highest BCUT2D eigenvalue weighted by atomic mass is 16.5. The fourth-order valence-corrected chi connectivity index (χ4v) is 2.22. The predicted molar refractivity (Wildman–Crippen MR) is 91.5 cm³/mol. The van der Waals surface area contributed by atoms with Crippen LogP contribution in [0.1, 0.15) is 27.0 Å². The lowest BCUT2D eigenvalue weighted by Crippen LogP contribution is -2.30. The van der Waals surface area contributed by atoms with Crippen molar-refractivity contribution in [1.29, 1.82) is 0 Å². The molecule has 0 spiro atoms. The first-order chi connectivity index (χ1) is 11.5. The molecule has 0 aromatic heterocycles. The molecule has 2 aromatic carbocycles. The van der Waals surface area contributed by atoms with E-state index >= 15 is 0 Å². The van der Waals surface area contributed by atoms with E-state index in [0.29, 0.717) is 13.0 Å². The number of carboxylic acid groups (broad SMARTS) is 1. The van der Waals surface area contributed by atoms with Gasteiger partial charge in [0.2, 0.25) is 0 Å². The average Bonchev–Trinajstić information content (AvgIpc) is 2.56. The minimum absolute atomic E-state index is 0.0256. The SMILES string of the molecule is Cc1ccc(C)c(OCC(=O)NCCc2ccc(C(=O)O)cc2)c1. The Kier molecular flexibility index (Phi) is 5.95. The van der Waals surface area contributed by atoms with E-state index in [9.17, 15) is 9.59 Å². The summed E-state index contributed by atoms with van der Waals surface area (Å²) in [4.78, 5) is 22.6. The Morgan fingerprint density at radius 2 is 1.79 bits per heavy atom. The minimum Gasteiger partial charge on any atom is -0.483 e. The van der Waals surface area contributed by atoms with Gasteiger partial charge < -0.3 is 15.2 Å². The monoisotopic (exact) mass is 327 g/mol. The van der Waals surface area contributed by atoms with Crippen LogP contribution in [-0.2, 0) is 11.2 Å². The lowest BCUT2D eigenvalue weighted by atomic mass is 10.1. The summed E-state index contributed by atoms with van der Waals surface area (Å²) in [6.45, 7) is 4.36. The average molecular weight is 327 g/mol. The summed E-state index contributed by atoms with van der Waals surface area (Å²) in [5.74, 6) is -0.411. The molecule has 0 radical (unpaired) electrons. The predicted octanol–water partition coefficient (Wildman–Crippen LogP) is 2.74. The fraction of sp³-hybridized carbons (Fsp3) is 0.263. The minimum atomic E-state index is -0.946. The van der Waals surface area contributed by atoms with Gasteiger partial charge in [-0.1, -0.05) is 24.3 Å². The number of benzene rings is 2. The normalized spacial score (nSPS) is 10.2.